The molecule has 21 heavy (non-hydrogen) atoms. The lowest BCUT2D eigenvalue weighted by molar-refractivity contribution is 0.242. The van der Waals surface area contributed by atoms with Gasteiger partial charge in [0.2, 0.25) is 0 Å². The van der Waals surface area contributed by atoms with Crippen molar-refractivity contribution >= 4 is 0 Å². The van der Waals surface area contributed by atoms with Gasteiger partial charge in [-0.05, 0) is 67.8 Å². The van der Waals surface area contributed by atoms with Crippen LogP contribution < -0.4 is 10.1 Å². The van der Waals surface area contributed by atoms with E-state index < -0.39 is 0 Å². The van der Waals surface area contributed by atoms with Gasteiger partial charge in [0.1, 0.15) is 5.75 Å². The van der Waals surface area contributed by atoms with Crippen LogP contribution in [0.1, 0.15) is 31.9 Å². The minimum absolute atomic E-state index is 0.209. The molecule has 0 radical (unpaired) electrons. The smallest absolute Gasteiger partial charge is 0.119 e. The number of hydrogen-bond donors (Lipinski definition) is 1. The molecule has 0 fully saturated rings. The normalized spacial score (nSPS) is 10.9. The Kier molecular flexibility index (Phi) is 5.40. The summed E-state index contributed by atoms with van der Waals surface area (Å²) in [6.45, 7) is 10.3. The average Bonchev–Trinajstić information content (AvgIpc) is 2.47. The molecule has 0 amide bonds. The van der Waals surface area contributed by atoms with Crippen LogP contribution in [-0.4, -0.2) is 12.6 Å². The fourth-order valence-electron chi connectivity index (χ4n) is 2.34. The molecular weight excluding hydrogens is 258 g/mol. The number of benzene rings is 2. The van der Waals surface area contributed by atoms with E-state index in [0.717, 1.165) is 18.8 Å². The highest BCUT2D eigenvalue weighted by Crippen LogP contribution is 2.27. The minimum Gasteiger partial charge on any atom is -0.491 e. The predicted octanol–water partition coefficient (Wildman–Crippen LogP) is 4.56. The molecule has 2 nitrogen and oxygen atoms in total. The summed E-state index contributed by atoms with van der Waals surface area (Å²) in [4.78, 5) is 0. The first kappa shape index (κ1) is 15.6. The lowest BCUT2D eigenvalue weighted by Gasteiger charge is -2.12. The highest BCUT2D eigenvalue weighted by Gasteiger charge is 2.05. The van der Waals surface area contributed by atoms with Gasteiger partial charge in [-0.1, -0.05) is 31.2 Å². The van der Waals surface area contributed by atoms with Crippen LogP contribution in [-0.2, 0) is 6.54 Å². The van der Waals surface area contributed by atoms with Crippen molar-refractivity contribution in [3.63, 3.8) is 0 Å². The van der Waals surface area contributed by atoms with Gasteiger partial charge in [0, 0.05) is 6.54 Å². The molecule has 0 spiro atoms. The summed E-state index contributed by atoms with van der Waals surface area (Å²) in [7, 11) is 0. The van der Waals surface area contributed by atoms with Crippen molar-refractivity contribution in [3.05, 3.63) is 53.6 Å². The molecule has 2 heteroatoms. The van der Waals surface area contributed by atoms with Gasteiger partial charge in [0.15, 0.2) is 0 Å². The molecule has 2 aromatic carbocycles. The van der Waals surface area contributed by atoms with Crippen LogP contribution in [0.25, 0.3) is 11.1 Å². The molecule has 0 bridgehead atoms. The average molecular weight is 283 g/mol. The van der Waals surface area contributed by atoms with Crippen LogP contribution in [0.4, 0.5) is 0 Å². The predicted molar refractivity (Wildman–Crippen MR) is 89.8 cm³/mol. The molecule has 2 rings (SSSR count). The number of rotatable bonds is 6. The van der Waals surface area contributed by atoms with E-state index in [4.69, 9.17) is 4.74 Å². The van der Waals surface area contributed by atoms with Gasteiger partial charge in [-0.2, -0.15) is 0 Å². The summed E-state index contributed by atoms with van der Waals surface area (Å²) in [5.74, 6) is 0.926. The fourth-order valence-corrected chi connectivity index (χ4v) is 2.34. The van der Waals surface area contributed by atoms with Crippen LogP contribution in [0.5, 0.6) is 5.75 Å². The zero-order valence-corrected chi connectivity index (χ0v) is 13.4. The monoisotopic (exact) mass is 283 g/mol. The number of ether oxygens (including phenoxy) is 1. The molecule has 112 valence electrons. The number of nitrogens with one attached hydrogen (secondary N) is 1. The van der Waals surface area contributed by atoms with Gasteiger partial charge < -0.3 is 10.1 Å². The molecule has 0 aliphatic rings. The van der Waals surface area contributed by atoms with Crippen LogP contribution in [0, 0.1) is 6.92 Å². The van der Waals surface area contributed by atoms with E-state index in [-0.39, 0.29) is 6.10 Å². The molecule has 0 saturated carbocycles. The molecule has 0 aliphatic heterocycles. The molecule has 0 aromatic heterocycles. The number of aryl methyl sites for hydroxylation is 1. The van der Waals surface area contributed by atoms with Crippen LogP contribution in [0.3, 0.4) is 0 Å². The van der Waals surface area contributed by atoms with Crippen molar-refractivity contribution in [2.45, 2.75) is 40.3 Å². The second-order valence-electron chi connectivity index (χ2n) is 5.62. The van der Waals surface area contributed by atoms with Gasteiger partial charge >= 0.3 is 0 Å². The maximum Gasteiger partial charge on any atom is 0.119 e. The third-order valence-electron chi connectivity index (χ3n) is 3.42. The molecular formula is C19H25NO. The second-order valence-corrected chi connectivity index (χ2v) is 5.62. The first-order valence-electron chi connectivity index (χ1n) is 7.67. The first-order chi connectivity index (χ1) is 10.1. The van der Waals surface area contributed by atoms with Gasteiger partial charge in [0.05, 0.1) is 6.10 Å². The van der Waals surface area contributed by atoms with Gasteiger partial charge in [0.25, 0.3) is 0 Å². The Labute approximate surface area is 128 Å². The zero-order chi connectivity index (χ0) is 15.2. The van der Waals surface area contributed by atoms with Gasteiger partial charge in [-0.25, -0.2) is 0 Å². The van der Waals surface area contributed by atoms with Crippen molar-refractivity contribution in [3.8, 4) is 16.9 Å². The van der Waals surface area contributed by atoms with Gasteiger partial charge in [-0.15, -0.1) is 0 Å². The Morgan fingerprint density at radius 2 is 1.76 bits per heavy atom. The van der Waals surface area contributed by atoms with Crippen molar-refractivity contribution in [1.82, 2.24) is 5.32 Å². The van der Waals surface area contributed by atoms with Crippen LogP contribution >= 0.6 is 0 Å². The van der Waals surface area contributed by atoms with Crippen molar-refractivity contribution in [1.29, 1.82) is 0 Å². The van der Waals surface area contributed by atoms with E-state index in [2.05, 4.69) is 49.5 Å². The Balaban J connectivity index is 2.23. The van der Waals surface area contributed by atoms with Crippen molar-refractivity contribution < 1.29 is 4.74 Å². The molecule has 0 saturated heterocycles. The summed E-state index contributed by atoms with van der Waals surface area (Å²) in [5, 5.41) is 3.37. The third-order valence-corrected chi connectivity index (χ3v) is 3.42. The largest absolute Gasteiger partial charge is 0.491 e. The maximum absolute atomic E-state index is 5.70. The maximum atomic E-state index is 5.70. The highest BCUT2D eigenvalue weighted by molar-refractivity contribution is 5.68. The minimum atomic E-state index is 0.209. The molecule has 2 aromatic rings. The third kappa shape index (κ3) is 4.33. The quantitative estimate of drug-likeness (QED) is 0.839. The van der Waals surface area contributed by atoms with Crippen LogP contribution in [0.2, 0.25) is 0 Å². The van der Waals surface area contributed by atoms with E-state index in [1.165, 1.54) is 22.3 Å². The van der Waals surface area contributed by atoms with Crippen molar-refractivity contribution in [2.24, 2.45) is 0 Å². The standard InChI is InChI=1S/C19H25NO/c1-5-20-13-16-7-6-15(4)19(12-16)17-8-10-18(11-9-17)21-14(2)3/h6-12,14,20H,5,13H2,1-4H3. The molecule has 0 unspecified atom stereocenters. The number of hydrogen-bond acceptors (Lipinski definition) is 2. The Hall–Kier alpha value is -1.80. The van der Waals surface area contributed by atoms with E-state index in [0.29, 0.717) is 0 Å². The summed E-state index contributed by atoms with van der Waals surface area (Å²) in [6.07, 6.45) is 0.209. The highest BCUT2D eigenvalue weighted by atomic mass is 16.5. The molecule has 1 N–H and O–H groups in total. The Bertz CT molecular complexity index is 573. The van der Waals surface area contributed by atoms with E-state index in [1.54, 1.807) is 0 Å². The topological polar surface area (TPSA) is 21.3 Å². The fraction of sp³-hybridized carbons (Fsp3) is 0.368. The molecule has 0 heterocycles. The lowest BCUT2D eigenvalue weighted by atomic mass is 9.98. The first-order valence-corrected chi connectivity index (χ1v) is 7.67. The second kappa shape index (κ2) is 7.28. The summed E-state index contributed by atoms with van der Waals surface area (Å²) >= 11 is 0. The van der Waals surface area contributed by atoms with Crippen molar-refractivity contribution in [2.75, 3.05) is 6.54 Å². The summed E-state index contributed by atoms with van der Waals surface area (Å²) in [6, 6.07) is 15.0. The van der Waals surface area contributed by atoms with Gasteiger partial charge in [-0.3, -0.25) is 0 Å². The summed E-state index contributed by atoms with van der Waals surface area (Å²) < 4.78 is 5.70. The lowest BCUT2D eigenvalue weighted by Crippen LogP contribution is -2.11. The Morgan fingerprint density at radius 1 is 1.05 bits per heavy atom. The molecule has 0 atom stereocenters. The Morgan fingerprint density at radius 3 is 2.38 bits per heavy atom. The van der Waals surface area contributed by atoms with Crippen LogP contribution in [0.15, 0.2) is 42.5 Å². The summed E-state index contributed by atoms with van der Waals surface area (Å²) in [5.41, 5.74) is 5.15. The van der Waals surface area contributed by atoms with E-state index >= 15 is 0 Å². The SMILES string of the molecule is CCNCc1ccc(C)c(-c2ccc(OC(C)C)cc2)c1. The van der Waals surface area contributed by atoms with E-state index in [1.807, 2.05) is 26.0 Å². The zero-order valence-electron chi connectivity index (χ0n) is 13.4. The van der Waals surface area contributed by atoms with E-state index in [9.17, 15) is 0 Å². The molecule has 0 aliphatic carbocycles.